The third-order valence-corrected chi connectivity index (χ3v) is 3.70. The summed E-state index contributed by atoms with van der Waals surface area (Å²) in [5.74, 6) is -0.710. The smallest absolute Gasteiger partial charge is 0.304 e. The molecule has 0 spiro atoms. The van der Waals surface area contributed by atoms with Crippen LogP contribution in [-0.2, 0) is 4.79 Å². The number of carbonyl (C=O) groups is 1. The van der Waals surface area contributed by atoms with Crippen molar-refractivity contribution in [1.29, 1.82) is 0 Å². The van der Waals surface area contributed by atoms with Gasteiger partial charge >= 0.3 is 5.97 Å². The molecule has 0 aliphatic carbocycles. The number of aromatic amines is 1. The standard InChI is InChI=1S/C13H21N3O2/c1-11(12-2-4-14-10-12)16-8-6-15(7-9-16)5-3-13(17)18/h2,4,10-11,14H,3,5-9H2,1H3,(H,17,18). The van der Waals surface area contributed by atoms with Crippen LogP contribution in [0.3, 0.4) is 0 Å². The van der Waals surface area contributed by atoms with Crippen LogP contribution in [0.4, 0.5) is 0 Å². The molecule has 100 valence electrons. The predicted octanol–water partition coefficient (Wildman–Crippen LogP) is 1.17. The molecule has 0 radical (unpaired) electrons. The molecular formula is C13H21N3O2. The van der Waals surface area contributed by atoms with Crippen LogP contribution in [0.2, 0.25) is 0 Å². The van der Waals surface area contributed by atoms with Crippen molar-refractivity contribution in [2.24, 2.45) is 0 Å². The minimum absolute atomic E-state index is 0.243. The average molecular weight is 251 g/mol. The van der Waals surface area contributed by atoms with E-state index in [4.69, 9.17) is 5.11 Å². The summed E-state index contributed by atoms with van der Waals surface area (Å²) in [7, 11) is 0. The van der Waals surface area contributed by atoms with Gasteiger partial charge < -0.3 is 15.0 Å². The van der Waals surface area contributed by atoms with Gasteiger partial charge in [-0.3, -0.25) is 9.69 Å². The summed E-state index contributed by atoms with van der Waals surface area (Å²) in [6, 6.07) is 2.54. The molecule has 2 heterocycles. The van der Waals surface area contributed by atoms with Crippen molar-refractivity contribution in [3.8, 4) is 0 Å². The van der Waals surface area contributed by atoms with Gasteiger partial charge in [-0.2, -0.15) is 0 Å². The van der Waals surface area contributed by atoms with Gasteiger partial charge in [0.25, 0.3) is 0 Å². The molecule has 0 saturated carbocycles. The molecule has 5 nitrogen and oxygen atoms in total. The Morgan fingerprint density at radius 3 is 2.72 bits per heavy atom. The third-order valence-electron chi connectivity index (χ3n) is 3.70. The van der Waals surface area contributed by atoms with Crippen LogP contribution in [0.5, 0.6) is 0 Å². The van der Waals surface area contributed by atoms with Crippen molar-refractivity contribution in [3.63, 3.8) is 0 Å². The Morgan fingerprint density at radius 2 is 2.17 bits per heavy atom. The molecule has 0 amide bonds. The summed E-state index contributed by atoms with van der Waals surface area (Å²) in [6.45, 7) is 6.82. The highest BCUT2D eigenvalue weighted by Crippen LogP contribution is 2.20. The first-order valence-electron chi connectivity index (χ1n) is 6.47. The largest absolute Gasteiger partial charge is 0.481 e. The molecule has 1 aromatic rings. The molecule has 5 heteroatoms. The molecule has 1 fully saturated rings. The molecule has 2 rings (SSSR count). The van der Waals surface area contributed by atoms with Crippen LogP contribution in [0.15, 0.2) is 18.5 Å². The maximum Gasteiger partial charge on any atom is 0.304 e. The van der Waals surface area contributed by atoms with Gasteiger partial charge in [0.15, 0.2) is 0 Å². The van der Waals surface area contributed by atoms with Crippen molar-refractivity contribution in [2.75, 3.05) is 32.7 Å². The number of piperazine rings is 1. The first-order chi connectivity index (χ1) is 8.66. The predicted molar refractivity (Wildman–Crippen MR) is 69.5 cm³/mol. The molecular weight excluding hydrogens is 230 g/mol. The molecule has 1 saturated heterocycles. The van der Waals surface area contributed by atoms with E-state index in [1.807, 2.05) is 12.4 Å². The van der Waals surface area contributed by atoms with Gasteiger partial charge in [-0.05, 0) is 18.6 Å². The van der Waals surface area contributed by atoms with Crippen molar-refractivity contribution < 1.29 is 9.90 Å². The number of nitrogens with zero attached hydrogens (tertiary/aromatic N) is 2. The third kappa shape index (κ3) is 3.34. The van der Waals surface area contributed by atoms with Crippen LogP contribution in [0.1, 0.15) is 24.9 Å². The Balaban J connectivity index is 1.78. The average Bonchev–Trinajstić information content (AvgIpc) is 2.90. The Morgan fingerprint density at radius 1 is 1.44 bits per heavy atom. The maximum absolute atomic E-state index is 10.5. The van der Waals surface area contributed by atoms with E-state index in [-0.39, 0.29) is 6.42 Å². The number of rotatable bonds is 5. The van der Waals surface area contributed by atoms with Crippen molar-refractivity contribution in [3.05, 3.63) is 24.0 Å². The van der Waals surface area contributed by atoms with E-state index >= 15 is 0 Å². The summed E-state index contributed by atoms with van der Waals surface area (Å²) in [5, 5.41) is 8.67. The van der Waals surface area contributed by atoms with Crippen LogP contribution >= 0.6 is 0 Å². The summed E-state index contributed by atoms with van der Waals surface area (Å²) >= 11 is 0. The monoisotopic (exact) mass is 251 g/mol. The molecule has 0 aromatic carbocycles. The Hall–Kier alpha value is -1.33. The molecule has 1 aliphatic rings. The number of aromatic nitrogens is 1. The SMILES string of the molecule is CC(c1cc[nH]c1)N1CCN(CCC(=O)O)CC1. The number of H-pyrrole nitrogens is 1. The van der Waals surface area contributed by atoms with Crippen LogP contribution in [0, 0.1) is 0 Å². The van der Waals surface area contributed by atoms with Crippen LogP contribution in [-0.4, -0.2) is 58.6 Å². The number of hydrogen-bond donors (Lipinski definition) is 2. The van der Waals surface area contributed by atoms with E-state index in [0.717, 1.165) is 26.2 Å². The van der Waals surface area contributed by atoms with Crippen LogP contribution in [0.25, 0.3) is 0 Å². The van der Waals surface area contributed by atoms with Crippen molar-refractivity contribution in [1.82, 2.24) is 14.8 Å². The topological polar surface area (TPSA) is 59.6 Å². The number of carboxylic acids is 1. The molecule has 0 bridgehead atoms. The van der Waals surface area contributed by atoms with Gasteiger partial charge in [0.2, 0.25) is 0 Å². The van der Waals surface area contributed by atoms with E-state index in [9.17, 15) is 4.79 Å². The second kappa shape index (κ2) is 6.02. The molecule has 18 heavy (non-hydrogen) atoms. The molecule has 1 aromatic heterocycles. The summed E-state index contributed by atoms with van der Waals surface area (Å²) in [5.41, 5.74) is 1.31. The number of hydrogen-bond acceptors (Lipinski definition) is 3. The zero-order valence-corrected chi connectivity index (χ0v) is 10.8. The van der Waals surface area contributed by atoms with Gasteiger partial charge in [-0.1, -0.05) is 0 Å². The first kappa shape index (κ1) is 13.1. The van der Waals surface area contributed by atoms with E-state index < -0.39 is 5.97 Å². The zero-order valence-electron chi connectivity index (χ0n) is 10.8. The van der Waals surface area contributed by atoms with Gasteiger partial charge in [-0.15, -0.1) is 0 Å². The highest BCUT2D eigenvalue weighted by molar-refractivity contribution is 5.66. The summed E-state index contributed by atoms with van der Waals surface area (Å²) in [4.78, 5) is 18.3. The van der Waals surface area contributed by atoms with Gasteiger partial charge in [0.1, 0.15) is 0 Å². The normalized spacial score (nSPS) is 19.8. The number of nitrogens with one attached hydrogen (secondary N) is 1. The molecule has 1 atom stereocenters. The maximum atomic E-state index is 10.5. The van der Waals surface area contributed by atoms with Gasteiger partial charge in [-0.25, -0.2) is 0 Å². The van der Waals surface area contributed by atoms with E-state index in [0.29, 0.717) is 12.6 Å². The minimum Gasteiger partial charge on any atom is -0.481 e. The zero-order chi connectivity index (χ0) is 13.0. The Kier molecular flexibility index (Phi) is 4.38. The number of carboxylic acid groups (broad SMARTS) is 1. The fraction of sp³-hybridized carbons (Fsp3) is 0.615. The second-order valence-corrected chi connectivity index (χ2v) is 4.84. The van der Waals surface area contributed by atoms with E-state index in [1.165, 1.54) is 5.56 Å². The highest BCUT2D eigenvalue weighted by atomic mass is 16.4. The Labute approximate surface area is 107 Å². The lowest BCUT2D eigenvalue weighted by atomic mass is 10.1. The quantitative estimate of drug-likeness (QED) is 0.824. The summed E-state index contributed by atoms with van der Waals surface area (Å²) in [6.07, 6.45) is 4.24. The Bertz CT molecular complexity index is 370. The second-order valence-electron chi connectivity index (χ2n) is 4.84. The fourth-order valence-corrected chi connectivity index (χ4v) is 2.44. The first-order valence-corrected chi connectivity index (χ1v) is 6.47. The van der Waals surface area contributed by atoms with Gasteiger partial charge in [0, 0.05) is 51.2 Å². The lowest BCUT2D eigenvalue weighted by Crippen LogP contribution is -2.47. The molecule has 1 aliphatic heterocycles. The minimum atomic E-state index is -0.710. The van der Waals surface area contributed by atoms with Crippen molar-refractivity contribution in [2.45, 2.75) is 19.4 Å². The highest BCUT2D eigenvalue weighted by Gasteiger charge is 2.22. The lowest BCUT2D eigenvalue weighted by molar-refractivity contribution is -0.137. The fourth-order valence-electron chi connectivity index (χ4n) is 2.44. The molecule has 1 unspecified atom stereocenters. The summed E-state index contributed by atoms with van der Waals surface area (Å²) < 4.78 is 0. The van der Waals surface area contributed by atoms with E-state index in [1.54, 1.807) is 0 Å². The van der Waals surface area contributed by atoms with Crippen LogP contribution < -0.4 is 0 Å². The van der Waals surface area contributed by atoms with Gasteiger partial charge in [0.05, 0.1) is 6.42 Å². The number of aliphatic carboxylic acids is 1. The van der Waals surface area contributed by atoms with Crippen molar-refractivity contribution >= 4 is 5.97 Å². The van der Waals surface area contributed by atoms with E-state index in [2.05, 4.69) is 27.8 Å². The molecule has 2 N–H and O–H groups in total. The lowest BCUT2D eigenvalue weighted by Gasteiger charge is -2.37.